The van der Waals surface area contributed by atoms with E-state index in [-0.39, 0.29) is 5.82 Å². The van der Waals surface area contributed by atoms with Crippen molar-refractivity contribution in [2.24, 2.45) is 0 Å². The maximum Gasteiger partial charge on any atom is 0.124 e. The van der Waals surface area contributed by atoms with Crippen LogP contribution in [-0.2, 0) is 6.54 Å². The number of nitrogens with zero attached hydrogens (tertiary/aromatic N) is 1. The largest absolute Gasteiger partial charge is 0.313 e. The first kappa shape index (κ1) is 10.1. The van der Waals surface area contributed by atoms with Gasteiger partial charge in [0.25, 0.3) is 0 Å². The zero-order valence-electron chi connectivity index (χ0n) is 8.63. The van der Waals surface area contributed by atoms with Crippen molar-refractivity contribution in [2.45, 2.75) is 13.5 Å². The fraction of sp³-hybridized carbons (Fsp3) is 0.250. The number of benzene rings is 1. The maximum absolute atomic E-state index is 13.3. The van der Waals surface area contributed by atoms with E-state index in [1.54, 1.807) is 6.20 Å². The molecule has 0 saturated heterocycles. The average molecular weight is 204 g/mol. The molecule has 0 spiro atoms. The van der Waals surface area contributed by atoms with Crippen molar-refractivity contribution in [3.8, 4) is 0 Å². The van der Waals surface area contributed by atoms with Crippen LogP contribution in [0.3, 0.4) is 0 Å². The number of aromatic nitrogens is 1. The third-order valence-electron chi connectivity index (χ3n) is 2.31. The third-order valence-corrected chi connectivity index (χ3v) is 2.31. The van der Waals surface area contributed by atoms with Crippen molar-refractivity contribution in [3.63, 3.8) is 0 Å². The number of halogens is 1. The van der Waals surface area contributed by atoms with Gasteiger partial charge in [-0.1, -0.05) is 13.0 Å². The van der Waals surface area contributed by atoms with Gasteiger partial charge in [-0.05, 0) is 30.3 Å². The molecule has 0 aliphatic carbocycles. The Morgan fingerprint density at radius 3 is 3.07 bits per heavy atom. The second-order valence-corrected chi connectivity index (χ2v) is 3.42. The van der Waals surface area contributed by atoms with Gasteiger partial charge in [-0.15, -0.1) is 0 Å². The van der Waals surface area contributed by atoms with Crippen molar-refractivity contribution in [3.05, 3.63) is 41.8 Å². The van der Waals surface area contributed by atoms with Crippen LogP contribution in [0.25, 0.3) is 10.9 Å². The van der Waals surface area contributed by atoms with Gasteiger partial charge < -0.3 is 5.32 Å². The molecule has 0 radical (unpaired) electrons. The topological polar surface area (TPSA) is 24.9 Å². The fourth-order valence-corrected chi connectivity index (χ4v) is 1.62. The van der Waals surface area contributed by atoms with E-state index < -0.39 is 0 Å². The van der Waals surface area contributed by atoms with Crippen LogP contribution in [-0.4, -0.2) is 11.5 Å². The van der Waals surface area contributed by atoms with Crippen LogP contribution in [0.4, 0.5) is 4.39 Å². The second-order valence-electron chi connectivity index (χ2n) is 3.42. The van der Waals surface area contributed by atoms with Crippen LogP contribution in [0, 0.1) is 5.82 Å². The lowest BCUT2D eigenvalue weighted by atomic mass is 10.1. The summed E-state index contributed by atoms with van der Waals surface area (Å²) >= 11 is 0. The van der Waals surface area contributed by atoms with Crippen molar-refractivity contribution in [1.29, 1.82) is 0 Å². The van der Waals surface area contributed by atoms with E-state index in [2.05, 4.69) is 10.3 Å². The Labute approximate surface area is 88.1 Å². The van der Waals surface area contributed by atoms with Crippen LogP contribution in [0.5, 0.6) is 0 Å². The van der Waals surface area contributed by atoms with Gasteiger partial charge in [0, 0.05) is 18.1 Å². The van der Waals surface area contributed by atoms with E-state index in [1.165, 1.54) is 12.1 Å². The van der Waals surface area contributed by atoms with Gasteiger partial charge in [-0.3, -0.25) is 4.98 Å². The molecule has 78 valence electrons. The summed E-state index contributed by atoms with van der Waals surface area (Å²) in [6, 6.07) is 6.75. The smallest absolute Gasteiger partial charge is 0.124 e. The molecule has 0 saturated carbocycles. The fourth-order valence-electron chi connectivity index (χ4n) is 1.62. The summed E-state index contributed by atoms with van der Waals surface area (Å²) in [5, 5.41) is 4.03. The molecule has 0 unspecified atom stereocenters. The van der Waals surface area contributed by atoms with Gasteiger partial charge in [-0.2, -0.15) is 0 Å². The van der Waals surface area contributed by atoms with E-state index in [4.69, 9.17) is 0 Å². The van der Waals surface area contributed by atoms with Gasteiger partial charge in [0.05, 0.1) is 5.52 Å². The molecule has 2 nitrogen and oxygen atoms in total. The lowest BCUT2D eigenvalue weighted by molar-refractivity contribution is 0.624. The molecule has 1 aromatic carbocycles. The first-order valence-electron chi connectivity index (χ1n) is 5.05. The second kappa shape index (κ2) is 4.36. The van der Waals surface area contributed by atoms with Crippen molar-refractivity contribution in [2.75, 3.05) is 6.54 Å². The van der Waals surface area contributed by atoms with Crippen LogP contribution in [0.15, 0.2) is 30.5 Å². The monoisotopic (exact) mass is 204 g/mol. The van der Waals surface area contributed by atoms with Crippen LogP contribution in [0.1, 0.15) is 12.5 Å². The SMILES string of the molecule is CCNCc1cc(F)cc2cccnc12. The minimum Gasteiger partial charge on any atom is -0.313 e. The zero-order chi connectivity index (χ0) is 10.7. The molecule has 0 atom stereocenters. The Morgan fingerprint density at radius 2 is 2.27 bits per heavy atom. The molecule has 0 aliphatic rings. The minimum atomic E-state index is -0.205. The van der Waals surface area contributed by atoms with E-state index in [1.807, 2.05) is 19.1 Å². The molecule has 1 N–H and O–H groups in total. The predicted octanol–water partition coefficient (Wildman–Crippen LogP) is 2.48. The quantitative estimate of drug-likeness (QED) is 0.830. The standard InChI is InChI=1S/C12H13FN2/c1-2-14-8-10-7-11(13)6-9-4-3-5-15-12(9)10/h3-7,14H,2,8H2,1H3. The lowest BCUT2D eigenvalue weighted by Gasteiger charge is -2.06. The van der Waals surface area contributed by atoms with Gasteiger partial charge >= 0.3 is 0 Å². The highest BCUT2D eigenvalue weighted by Gasteiger charge is 2.04. The summed E-state index contributed by atoms with van der Waals surface area (Å²) < 4.78 is 13.3. The van der Waals surface area contributed by atoms with E-state index in [0.29, 0.717) is 6.54 Å². The van der Waals surface area contributed by atoms with Crippen LogP contribution >= 0.6 is 0 Å². The van der Waals surface area contributed by atoms with E-state index >= 15 is 0 Å². The number of pyridine rings is 1. The first-order valence-corrected chi connectivity index (χ1v) is 5.05. The Morgan fingerprint density at radius 1 is 1.40 bits per heavy atom. The molecule has 0 fully saturated rings. The van der Waals surface area contributed by atoms with Gasteiger partial charge in [0.2, 0.25) is 0 Å². The molecule has 1 aromatic heterocycles. The average Bonchev–Trinajstić information content (AvgIpc) is 2.25. The number of hydrogen-bond acceptors (Lipinski definition) is 2. The molecule has 0 amide bonds. The van der Waals surface area contributed by atoms with Crippen molar-refractivity contribution in [1.82, 2.24) is 10.3 Å². The zero-order valence-corrected chi connectivity index (χ0v) is 8.63. The molecular weight excluding hydrogens is 191 g/mol. The third kappa shape index (κ3) is 2.13. The van der Waals surface area contributed by atoms with Gasteiger partial charge in [0.15, 0.2) is 0 Å². The number of fused-ring (bicyclic) bond motifs is 1. The molecule has 2 rings (SSSR count). The number of rotatable bonds is 3. The maximum atomic E-state index is 13.3. The molecule has 3 heteroatoms. The molecule has 1 heterocycles. The summed E-state index contributed by atoms with van der Waals surface area (Å²) in [5.74, 6) is -0.205. The first-order chi connectivity index (χ1) is 7.31. The van der Waals surface area contributed by atoms with E-state index in [0.717, 1.165) is 23.0 Å². The Bertz CT molecular complexity index is 468. The normalized spacial score (nSPS) is 10.8. The summed E-state index contributed by atoms with van der Waals surface area (Å²) in [4.78, 5) is 4.27. The minimum absolute atomic E-state index is 0.205. The molecular formula is C12H13FN2. The number of nitrogens with one attached hydrogen (secondary N) is 1. The Balaban J connectivity index is 2.50. The Hall–Kier alpha value is -1.48. The summed E-state index contributed by atoms with van der Waals surface area (Å²) in [7, 11) is 0. The highest BCUT2D eigenvalue weighted by molar-refractivity contribution is 5.81. The van der Waals surface area contributed by atoms with Crippen molar-refractivity contribution >= 4 is 10.9 Å². The predicted molar refractivity (Wildman–Crippen MR) is 59.1 cm³/mol. The highest BCUT2D eigenvalue weighted by Crippen LogP contribution is 2.18. The van der Waals surface area contributed by atoms with Crippen LogP contribution < -0.4 is 5.32 Å². The van der Waals surface area contributed by atoms with Gasteiger partial charge in [-0.25, -0.2) is 4.39 Å². The van der Waals surface area contributed by atoms with Crippen LogP contribution in [0.2, 0.25) is 0 Å². The van der Waals surface area contributed by atoms with E-state index in [9.17, 15) is 4.39 Å². The molecule has 15 heavy (non-hydrogen) atoms. The lowest BCUT2D eigenvalue weighted by Crippen LogP contribution is -2.12. The summed E-state index contributed by atoms with van der Waals surface area (Å²) in [5.41, 5.74) is 1.78. The number of hydrogen-bond donors (Lipinski definition) is 1. The highest BCUT2D eigenvalue weighted by atomic mass is 19.1. The molecule has 0 bridgehead atoms. The van der Waals surface area contributed by atoms with Crippen molar-refractivity contribution < 1.29 is 4.39 Å². The Kier molecular flexibility index (Phi) is 2.92. The summed E-state index contributed by atoms with van der Waals surface area (Å²) in [6.45, 7) is 3.54. The molecule has 2 aromatic rings. The molecule has 0 aliphatic heterocycles. The van der Waals surface area contributed by atoms with Gasteiger partial charge in [0.1, 0.15) is 5.82 Å². The summed E-state index contributed by atoms with van der Waals surface area (Å²) in [6.07, 6.45) is 1.73.